The third-order valence-electron chi connectivity index (χ3n) is 4.78. The first-order valence-electron chi connectivity index (χ1n) is 10.0. The number of carbonyl (C=O) groups is 1. The molecule has 1 heterocycles. The number of ether oxygens (including phenoxy) is 1. The highest BCUT2D eigenvalue weighted by atomic mass is 32.2. The van der Waals surface area contributed by atoms with E-state index >= 15 is 0 Å². The van der Waals surface area contributed by atoms with Crippen LogP contribution in [0.1, 0.15) is 18.9 Å². The quantitative estimate of drug-likeness (QED) is 0.429. The van der Waals surface area contributed by atoms with Crippen LogP contribution in [0.4, 0.5) is 8.78 Å². The van der Waals surface area contributed by atoms with Crippen molar-refractivity contribution < 1.29 is 26.7 Å². The number of aromatic nitrogens is 2. The maximum Gasteiger partial charge on any atom is 0.387 e. The van der Waals surface area contributed by atoms with Crippen LogP contribution in [0, 0.1) is 0 Å². The van der Waals surface area contributed by atoms with E-state index in [1.54, 1.807) is 25.2 Å². The van der Waals surface area contributed by atoms with Crippen molar-refractivity contribution in [3.8, 4) is 5.75 Å². The molecule has 0 fully saturated rings. The lowest BCUT2D eigenvalue weighted by atomic mass is 10.2. The van der Waals surface area contributed by atoms with Gasteiger partial charge < -0.3 is 14.2 Å². The Balaban J connectivity index is 1.69. The number of aryl methyl sites for hydroxylation is 1. The van der Waals surface area contributed by atoms with Gasteiger partial charge in [0.05, 0.1) is 21.7 Å². The van der Waals surface area contributed by atoms with Gasteiger partial charge in [-0.25, -0.2) is 18.5 Å². The van der Waals surface area contributed by atoms with Gasteiger partial charge in [-0.05, 0) is 42.3 Å². The molecule has 33 heavy (non-hydrogen) atoms. The zero-order valence-corrected chi connectivity index (χ0v) is 19.7. The number of sulfonamides is 1. The monoisotopic (exact) mass is 498 g/mol. The van der Waals surface area contributed by atoms with E-state index in [4.69, 9.17) is 5.14 Å². The summed E-state index contributed by atoms with van der Waals surface area (Å²) in [5.74, 6) is 0.0324. The predicted octanol–water partition coefficient (Wildman–Crippen LogP) is 3.45. The van der Waals surface area contributed by atoms with Gasteiger partial charge >= 0.3 is 6.61 Å². The maximum atomic E-state index is 12.7. The lowest BCUT2D eigenvalue weighted by molar-refractivity contribution is -0.127. The van der Waals surface area contributed by atoms with E-state index in [9.17, 15) is 22.0 Å². The second-order valence-electron chi connectivity index (χ2n) is 7.30. The number of fused-ring (bicyclic) bond motifs is 1. The first-order chi connectivity index (χ1) is 15.6. The third-order valence-corrected chi connectivity index (χ3v) is 6.65. The number of benzene rings is 2. The van der Waals surface area contributed by atoms with Crippen molar-refractivity contribution in [1.82, 2.24) is 14.5 Å². The Bertz CT molecular complexity index is 1230. The topological polar surface area (TPSA) is 108 Å². The molecule has 178 valence electrons. The normalized spacial score (nSPS) is 11.8. The van der Waals surface area contributed by atoms with Gasteiger partial charge in [0.25, 0.3) is 0 Å². The lowest BCUT2D eigenvalue weighted by Crippen LogP contribution is -2.27. The molecule has 0 saturated heterocycles. The number of rotatable bonds is 10. The lowest BCUT2D eigenvalue weighted by Gasteiger charge is -2.17. The van der Waals surface area contributed by atoms with E-state index in [2.05, 4.69) is 9.72 Å². The Kier molecular flexibility index (Phi) is 7.92. The van der Waals surface area contributed by atoms with Crippen LogP contribution < -0.4 is 9.88 Å². The average molecular weight is 499 g/mol. The largest absolute Gasteiger partial charge is 0.435 e. The molecule has 12 heteroatoms. The molecular weight excluding hydrogens is 474 g/mol. The molecule has 0 unspecified atom stereocenters. The molecule has 0 radical (unpaired) electrons. The van der Waals surface area contributed by atoms with Gasteiger partial charge in [-0.1, -0.05) is 30.8 Å². The fraction of sp³-hybridized carbons (Fsp3) is 0.333. The van der Waals surface area contributed by atoms with Crippen molar-refractivity contribution in [2.75, 3.05) is 12.8 Å². The standard InChI is InChI=1S/C21H24F2N4O4S2/c1-3-10-27-18-9-8-16(33(24,29)30)11-17(18)25-21(27)32-13-19(28)26(2)12-14-4-6-15(7-5-14)31-20(22)23/h4-9,11,20H,3,10,12-13H2,1-2H3,(H2,24,29,30). The molecule has 0 aliphatic carbocycles. The number of thioether (sulfide) groups is 1. The van der Waals surface area contributed by atoms with Gasteiger partial charge in [0.1, 0.15) is 5.75 Å². The van der Waals surface area contributed by atoms with Crippen molar-refractivity contribution in [3.63, 3.8) is 0 Å². The Hall–Kier alpha value is -2.70. The molecule has 0 aliphatic rings. The summed E-state index contributed by atoms with van der Waals surface area (Å²) in [5.41, 5.74) is 2.02. The number of amides is 1. The summed E-state index contributed by atoms with van der Waals surface area (Å²) in [6.45, 7) is 0.0813. The Morgan fingerprint density at radius 3 is 2.55 bits per heavy atom. The number of imidazole rings is 1. The number of nitrogens with two attached hydrogens (primary N) is 1. The second kappa shape index (κ2) is 10.5. The number of nitrogens with zero attached hydrogens (tertiary/aromatic N) is 3. The molecule has 0 bridgehead atoms. The number of hydrogen-bond donors (Lipinski definition) is 1. The molecule has 3 aromatic rings. The highest BCUT2D eigenvalue weighted by Crippen LogP contribution is 2.27. The second-order valence-corrected chi connectivity index (χ2v) is 9.81. The third kappa shape index (κ3) is 6.42. The first kappa shape index (κ1) is 24.9. The fourth-order valence-electron chi connectivity index (χ4n) is 3.19. The van der Waals surface area contributed by atoms with Crippen LogP contribution in [0.5, 0.6) is 5.75 Å². The van der Waals surface area contributed by atoms with Gasteiger partial charge in [-0.2, -0.15) is 8.78 Å². The summed E-state index contributed by atoms with van der Waals surface area (Å²) in [5, 5.41) is 5.82. The SMILES string of the molecule is CCCn1c(SCC(=O)N(C)Cc2ccc(OC(F)F)cc2)nc2cc(S(N)(=O)=O)ccc21. The highest BCUT2D eigenvalue weighted by Gasteiger charge is 2.17. The Morgan fingerprint density at radius 1 is 1.24 bits per heavy atom. The van der Waals surface area contributed by atoms with Crippen molar-refractivity contribution in [3.05, 3.63) is 48.0 Å². The summed E-state index contributed by atoms with van der Waals surface area (Å²) < 4.78 is 54.1. The molecule has 2 aromatic carbocycles. The van der Waals surface area contributed by atoms with Crippen LogP contribution in [0.25, 0.3) is 11.0 Å². The molecule has 2 N–H and O–H groups in total. The summed E-state index contributed by atoms with van der Waals surface area (Å²) in [6.07, 6.45) is 0.828. The van der Waals surface area contributed by atoms with E-state index in [1.165, 1.54) is 40.9 Å². The van der Waals surface area contributed by atoms with E-state index < -0.39 is 16.6 Å². The maximum absolute atomic E-state index is 12.7. The van der Waals surface area contributed by atoms with Crippen LogP contribution in [-0.4, -0.2) is 48.2 Å². The molecule has 1 aromatic heterocycles. The van der Waals surface area contributed by atoms with E-state index in [-0.39, 0.29) is 22.3 Å². The van der Waals surface area contributed by atoms with Gasteiger partial charge in [0.15, 0.2) is 5.16 Å². The Morgan fingerprint density at radius 2 is 1.94 bits per heavy atom. The highest BCUT2D eigenvalue weighted by molar-refractivity contribution is 7.99. The van der Waals surface area contributed by atoms with Gasteiger partial charge in [-0.15, -0.1) is 0 Å². The van der Waals surface area contributed by atoms with E-state index in [0.29, 0.717) is 23.8 Å². The minimum Gasteiger partial charge on any atom is -0.435 e. The predicted molar refractivity (Wildman–Crippen MR) is 122 cm³/mol. The zero-order chi connectivity index (χ0) is 24.2. The van der Waals surface area contributed by atoms with Crippen molar-refractivity contribution in [2.24, 2.45) is 5.14 Å². The van der Waals surface area contributed by atoms with Crippen molar-refractivity contribution >= 4 is 38.7 Å². The van der Waals surface area contributed by atoms with Crippen LogP contribution >= 0.6 is 11.8 Å². The van der Waals surface area contributed by atoms with E-state index in [1.807, 2.05) is 11.5 Å². The number of carbonyl (C=O) groups excluding carboxylic acids is 1. The molecule has 8 nitrogen and oxygen atoms in total. The molecule has 0 saturated carbocycles. The summed E-state index contributed by atoms with van der Waals surface area (Å²) in [7, 11) is -2.19. The van der Waals surface area contributed by atoms with Crippen LogP contribution in [-0.2, 0) is 27.9 Å². The van der Waals surface area contributed by atoms with Gasteiger partial charge in [0, 0.05) is 20.1 Å². The Labute approximate surface area is 194 Å². The molecule has 0 atom stereocenters. The zero-order valence-electron chi connectivity index (χ0n) is 18.1. The minimum atomic E-state index is -3.85. The smallest absolute Gasteiger partial charge is 0.387 e. The number of alkyl halides is 2. The number of halogens is 2. The molecule has 1 amide bonds. The van der Waals surface area contributed by atoms with Crippen LogP contribution in [0.15, 0.2) is 52.5 Å². The molecule has 3 rings (SSSR count). The molecular formula is C21H24F2N4O4S2. The molecule has 0 aliphatic heterocycles. The number of hydrogen-bond acceptors (Lipinski definition) is 6. The van der Waals surface area contributed by atoms with Crippen LogP contribution in [0.2, 0.25) is 0 Å². The van der Waals surface area contributed by atoms with Crippen molar-refractivity contribution in [1.29, 1.82) is 0 Å². The average Bonchev–Trinajstić information content (AvgIpc) is 3.09. The minimum absolute atomic E-state index is 0.0199. The van der Waals surface area contributed by atoms with Crippen molar-refractivity contribution in [2.45, 2.75) is 43.1 Å². The summed E-state index contributed by atoms with van der Waals surface area (Å²) >= 11 is 1.26. The molecule has 0 spiro atoms. The van der Waals surface area contributed by atoms with Gasteiger partial charge in [-0.3, -0.25) is 4.79 Å². The summed E-state index contributed by atoms with van der Waals surface area (Å²) in [4.78, 5) is 18.7. The van der Waals surface area contributed by atoms with Crippen LogP contribution in [0.3, 0.4) is 0 Å². The van der Waals surface area contributed by atoms with E-state index in [0.717, 1.165) is 17.5 Å². The van der Waals surface area contributed by atoms with Gasteiger partial charge in [0.2, 0.25) is 15.9 Å². The number of primary sulfonamides is 1. The summed E-state index contributed by atoms with van der Waals surface area (Å²) in [6, 6.07) is 10.6. The first-order valence-corrected chi connectivity index (χ1v) is 12.5. The fourth-order valence-corrected chi connectivity index (χ4v) is 4.70.